The zero-order chi connectivity index (χ0) is 19.4. The van der Waals surface area contributed by atoms with Crippen molar-refractivity contribution in [2.75, 3.05) is 17.7 Å². The fourth-order valence-electron chi connectivity index (χ4n) is 2.68. The summed E-state index contributed by atoms with van der Waals surface area (Å²) in [6.07, 6.45) is 1.34. The lowest BCUT2D eigenvalue weighted by Crippen LogP contribution is -2.14. The molecular weight excluding hydrogens is 364 g/mol. The van der Waals surface area contributed by atoms with Gasteiger partial charge in [0.15, 0.2) is 0 Å². The van der Waals surface area contributed by atoms with Gasteiger partial charge >= 0.3 is 0 Å². The highest BCUT2D eigenvalue weighted by Crippen LogP contribution is 2.28. The number of halogens is 1. The van der Waals surface area contributed by atoms with E-state index in [-0.39, 0.29) is 11.6 Å². The number of nitrogens with one attached hydrogen (secondary N) is 2. The summed E-state index contributed by atoms with van der Waals surface area (Å²) in [5.41, 5.74) is 3.86. The number of hydrogen-bond donors (Lipinski definition) is 2. The quantitative estimate of drug-likeness (QED) is 0.665. The summed E-state index contributed by atoms with van der Waals surface area (Å²) in [6.45, 7) is 3.96. The minimum atomic E-state index is -0.307. The Balaban J connectivity index is 1.76. The maximum atomic E-state index is 12.5. The van der Waals surface area contributed by atoms with Gasteiger partial charge in [0.2, 0.25) is 0 Å². The van der Waals surface area contributed by atoms with Gasteiger partial charge in [0.25, 0.3) is 5.91 Å². The summed E-state index contributed by atoms with van der Waals surface area (Å²) < 4.78 is 5.14. The van der Waals surface area contributed by atoms with Gasteiger partial charge in [-0.05, 0) is 55.3 Å². The predicted octanol–water partition coefficient (Wildman–Crippen LogP) is 4.75. The van der Waals surface area contributed by atoms with Crippen LogP contribution in [0.2, 0.25) is 5.02 Å². The van der Waals surface area contributed by atoms with Gasteiger partial charge in [0.1, 0.15) is 23.6 Å². The molecule has 6 nitrogen and oxygen atoms in total. The highest BCUT2D eigenvalue weighted by atomic mass is 35.5. The fraction of sp³-hybridized carbons (Fsp3) is 0.150. The third kappa shape index (κ3) is 4.74. The van der Waals surface area contributed by atoms with Crippen molar-refractivity contribution in [3.05, 3.63) is 70.6 Å². The van der Waals surface area contributed by atoms with Crippen LogP contribution >= 0.6 is 11.6 Å². The lowest BCUT2D eigenvalue weighted by molar-refractivity contribution is 0.102. The molecule has 0 radical (unpaired) electrons. The maximum absolute atomic E-state index is 12.5. The zero-order valence-electron chi connectivity index (χ0n) is 15.2. The highest BCUT2D eigenvalue weighted by molar-refractivity contribution is 6.32. The number of carbonyl (C=O) groups excluding carboxylic acids is 1. The zero-order valence-corrected chi connectivity index (χ0v) is 16.0. The van der Waals surface area contributed by atoms with Crippen LogP contribution in [0.5, 0.6) is 5.75 Å². The average Bonchev–Trinajstić information content (AvgIpc) is 2.61. The van der Waals surface area contributed by atoms with E-state index in [0.717, 1.165) is 22.5 Å². The van der Waals surface area contributed by atoms with Gasteiger partial charge in [-0.15, -0.1) is 0 Å². The van der Waals surface area contributed by atoms with Crippen molar-refractivity contribution < 1.29 is 9.53 Å². The summed E-state index contributed by atoms with van der Waals surface area (Å²) in [5.74, 6) is 0.758. The molecule has 27 heavy (non-hydrogen) atoms. The van der Waals surface area contributed by atoms with Gasteiger partial charge in [-0.1, -0.05) is 17.7 Å². The van der Waals surface area contributed by atoms with Gasteiger partial charge in [0, 0.05) is 17.4 Å². The molecule has 0 fully saturated rings. The van der Waals surface area contributed by atoms with Crippen molar-refractivity contribution in [1.82, 2.24) is 9.97 Å². The molecule has 0 bridgehead atoms. The molecule has 0 saturated heterocycles. The third-order valence-corrected chi connectivity index (χ3v) is 4.10. The first-order chi connectivity index (χ1) is 12.9. The van der Waals surface area contributed by atoms with Crippen molar-refractivity contribution in [2.24, 2.45) is 0 Å². The molecule has 0 aliphatic heterocycles. The van der Waals surface area contributed by atoms with Crippen LogP contribution in [0.1, 0.15) is 21.6 Å². The Labute approximate surface area is 162 Å². The first-order valence-electron chi connectivity index (χ1n) is 8.27. The molecule has 0 atom stereocenters. The van der Waals surface area contributed by atoms with E-state index in [9.17, 15) is 4.79 Å². The number of carbonyl (C=O) groups is 1. The van der Waals surface area contributed by atoms with E-state index in [1.54, 1.807) is 25.3 Å². The minimum Gasteiger partial charge on any atom is -0.495 e. The summed E-state index contributed by atoms with van der Waals surface area (Å²) in [5, 5.41) is 6.44. The second-order valence-electron chi connectivity index (χ2n) is 6.09. The van der Waals surface area contributed by atoms with E-state index in [0.29, 0.717) is 16.6 Å². The molecule has 0 saturated carbocycles. The third-order valence-electron chi connectivity index (χ3n) is 3.80. The smallest absolute Gasteiger partial charge is 0.274 e. The lowest BCUT2D eigenvalue weighted by Gasteiger charge is -2.10. The van der Waals surface area contributed by atoms with Gasteiger partial charge in [-0.2, -0.15) is 0 Å². The van der Waals surface area contributed by atoms with E-state index >= 15 is 0 Å². The van der Waals surface area contributed by atoms with E-state index in [1.165, 1.54) is 6.33 Å². The van der Waals surface area contributed by atoms with Crippen molar-refractivity contribution in [2.45, 2.75) is 13.8 Å². The molecule has 0 aliphatic rings. The topological polar surface area (TPSA) is 76.1 Å². The Morgan fingerprint density at radius 1 is 1.00 bits per heavy atom. The van der Waals surface area contributed by atoms with Crippen molar-refractivity contribution >= 4 is 34.7 Å². The largest absolute Gasteiger partial charge is 0.495 e. The number of rotatable bonds is 5. The molecule has 0 spiro atoms. The number of nitrogens with zero attached hydrogens (tertiary/aromatic N) is 2. The molecule has 0 unspecified atom stereocenters. The Hall–Kier alpha value is -3.12. The maximum Gasteiger partial charge on any atom is 0.274 e. The van der Waals surface area contributed by atoms with Crippen LogP contribution in [-0.4, -0.2) is 23.0 Å². The summed E-state index contributed by atoms with van der Waals surface area (Å²) in [7, 11) is 1.55. The Bertz CT molecular complexity index is 971. The van der Waals surface area contributed by atoms with E-state index in [1.807, 2.05) is 38.1 Å². The molecule has 1 aromatic heterocycles. The summed E-state index contributed by atoms with van der Waals surface area (Å²) in [4.78, 5) is 20.7. The molecular formula is C20H19ClN4O2. The number of hydrogen-bond acceptors (Lipinski definition) is 5. The summed E-state index contributed by atoms with van der Waals surface area (Å²) in [6, 6.07) is 12.7. The molecule has 7 heteroatoms. The monoisotopic (exact) mass is 382 g/mol. The van der Waals surface area contributed by atoms with Crippen LogP contribution in [0.4, 0.5) is 17.2 Å². The molecule has 3 aromatic rings. The van der Waals surface area contributed by atoms with Gasteiger partial charge in [0.05, 0.1) is 12.1 Å². The van der Waals surface area contributed by atoms with Crippen LogP contribution in [0.25, 0.3) is 0 Å². The first kappa shape index (κ1) is 18.7. The van der Waals surface area contributed by atoms with E-state index in [4.69, 9.17) is 16.3 Å². The fourth-order valence-corrected chi connectivity index (χ4v) is 2.94. The molecule has 3 rings (SSSR count). The number of aromatic nitrogens is 2. The van der Waals surface area contributed by atoms with Crippen LogP contribution in [0.3, 0.4) is 0 Å². The predicted molar refractivity (Wildman–Crippen MR) is 107 cm³/mol. The number of benzene rings is 2. The summed E-state index contributed by atoms with van der Waals surface area (Å²) >= 11 is 6.13. The van der Waals surface area contributed by atoms with Crippen LogP contribution in [-0.2, 0) is 0 Å². The van der Waals surface area contributed by atoms with Gasteiger partial charge in [-0.3, -0.25) is 4.79 Å². The number of methoxy groups -OCH3 is 1. The standard InChI is InChI=1S/C20H19ClN4O2/c1-12-6-13(2)8-15(7-12)25-20(26)17-10-19(23-11-22-17)24-14-4-5-18(27-3)16(21)9-14/h4-11H,1-3H3,(H,25,26)(H,22,23,24). The van der Waals surface area contributed by atoms with Crippen LogP contribution < -0.4 is 15.4 Å². The average molecular weight is 383 g/mol. The van der Waals surface area contributed by atoms with E-state index < -0.39 is 0 Å². The highest BCUT2D eigenvalue weighted by Gasteiger charge is 2.10. The molecule has 1 amide bonds. The number of aryl methyl sites for hydroxylation is 2. The minimum absolute atomic E-state index is 0.256. The Kier molecular flexibility index (Phi) is 5.57. The van der Waals surface area contributed by atoms with Crippen LogP contribution in [0, 0.1) is 13.8 Å². The number of anilines is 3. The molecule has 2 N–H and O–H groups in total. The number of amides is 1. The van der Waals surface area contributed by atoms with E-state index in [2.05, 4.69) is 20.6 Å². The van der Waals surface area contributed by atoms with Crippen LogP contribution in [0.15, 0.2) is 48.8 Å². The first-order valence-corrected chi connectivity index (χ1v) is 8.64. The number of ether oxygens (including phenoxy) is 1. The second-order valence-corrected chi connectivity index (χ2v) is 6.50. The molecule has 1 heterocycles. The van der Waals surface area contributed by atoms with Gasteiger partial charge < -0.3 is 15.4 Å². The SMILES string of the molecule is COc1ccc(Nc2cc(C(=O)Nc3cc(C)cc(C)c3)ncn2)cc1Cl. The molecule has 2 aromatic carbocycles. The van der Waals surface area contributed by atoms with Crippen molar-refractivity contribution in [1.29, 1.82) is 0 Å². The normalized spacial score (nSPS) is 10.4. The van der Waals surface area contributed by atoms with Crippen molar-refractivity contribution in [3.8, 4) is 5.75 Å². The molecule has 138 valence electrons. The lowest BCUT2D eigenvalue weighted by atomic mass is 10.1. The van der Waals surface area contributed by atoms with Crippen molar-refractivity contribution in [3.63, 3.8) is 0 Å². The Morgan fingerprint density at radius 3 is 2.41 bits per heavy atom. The second kappa shape index (κ2) is 8.05. The molecule has 0 aliphatic carbocycles. The van der Waals surface area contributed by atoms with Gasteiger partial charge in [-0.25, -0.2) is 9.97 Å². The Morgan fingerprint density at radius 2 is 1.74 bits per heavy atom.